The number of nitrogens with one attached hydrogen (secondary N) is 1. The second-order valence-corrected chi connectivity index (χ2v) is 11.4. The average Bonchev–Trinajstić information content (AvgIpc) is 3.04. The van der Waals surface area contributed by atoms with Gasteiger partial charge in [0.2, 0.25) is 0 Å². The zero-order valence-electron chi connectivity index (χ0n) is 25.5. The quantitative estimate of drug-likeness (QED) is 0.329. The molecule has 2 aromatic carbocycles. The number of benzene rings is 2. The van der Waals surface area contributed by atoms with E-state index in [4.69, 9.17) is 33.2 Å². The molecule has 3 heterocycles. The average molecular weight is 585 g/mol. The van der Waals surface area contributed by atoms with Gasteiger partial charge in [-0.1, -0.05) is 18.2 Å². The first-order valence-electron chi connectivity index (χ1n) is 15.3. The Morgan fingerprint density at radius 3 is 2.45 bits per heavy atom. The molecule has 0 aromatic heterocycles. The van der Waals surface area contributed by atoms with Crippen LogP contribution in [0.2, 0.25) is 0 Å². The Balaban J connectivity index is 1.28. The van der Waals surface area contributed by atoms with Crippen LogP contribution in [0, 0.1) is 0 Å². The van der Waals surface area contributed by atoms with Crippen molar-refractivity contribution in [2.45, 2.75) is 56.0 Å². The summed E-state index contributed by atoms with van der Waals surface area (Å²) in [5.74, 6) is 1.86. The zero-order chi connectivity index (χ0) is 29.2. The largest absolute Gasteiger partial charge is 0.497 e. The molecule has 9 nitrogen and oxygen atoms in total. The van der Waals surface area contributed by atoms with Crippen molar-refractivity contribution in [3.63, 3.8) is 0 Å². The fourth-order valence-electron chi connectivity index (χ4n) is 6.38. The van der Waals surface area contributed by atoms with E-state index in [1.54, 1.807) is 14.2 Å². The van der Waals surface area contributed by atoms with Gasteiger partial charge in [-0.25, -0.2) is 0 Å². The Hall–Kier alpha value is -2.40. The van der Waals surface area contributed by atoms with Gasteiger partial charge in [0.15, 0.2) is 0 Å². The Morgan fingerprint density at radius 1 is 0.929 bits per heavy atom. The Labute approximate surface area is 250 Å². The van der Waals surface area contributed by atoms with Crippen LogP contribution in [-0.2, 0) is 30.3 Å². The maximum absolute atomic E-state index is 6.69. The van der Waals surface area contributed by atoms with E-state index in [0.29, 0.717) is 19.8 Å². The first kappa shape index (κ1) is 31.0. The molecule has 2 aromatic rings. The van der Waals surface area contributed by atoms with Crippen LogP contribution >= 0.6 is 0 Å². The van der Waals surface area contributed by atoms with Gasteiger partial charge >= 0.3 is 0 Å². The zero-order valence-corrected chi connectivity index (χ0v) is 25.5. The summed E-state index contributed by atoms with van der Waals surface area (Å²) < 4.78 is 41.5. The van der Waals surface area contributed by atoms with E-state index in [9.17, 15) is 0 Å². The molecule has 0 spiro atoms. The summed E-state index contributed by atoms with van der Waals surface area (Å²) in [5.41, 5.74) is 3.30. The van der Waals surface area contributed by atoms with E-state index in [0.717, 1.165) is 94.4 Å². The molecule has 0 amide bonds. The van der Waals surface area contributed by atoms with Gasteiger partial charge in [0.1, 0.15) is 18.1 Å². The van der Waals surface area contributed by atoms with E-state index < -0.39 is 0 Å². The number of methoxy groups -OCH3 is 3. The summed E-state index contributed by atoms with van der Waals surface area (Å²) in [6, 6.07) is 14.7. The van der Waals surface area contributed by atoms with Crippen molar-refractivity contribution in [1.29, 1.82) is 0 Å². The van der Waals surface area contributed by atoms with Crippen molar-refractivity contribution in [1.82, 2.24) is 5.32 Å². The lowest BCUT2D eigenvalue weighted by Gasteiger charge is -2.40. The maximum atomic E-state index is 6.69. The minimum Gasteiger partial charge on any atom is -0.497 e. The maximum Gasteiger partial charge on any atom is 0.142 e. The molecule has 5 rings (SSSR count). The van der Waals surface area contributed by atoms with Gasteiger partial charge in [-0.3, -0.25) is 0 Å². The third kappa shape index (κ3) is 7.75. The monoisotopic (exact) mass is 584 g/mol. The highest BCUT2D eigenvalue weighted by Crippen LogP contribution is 2.36. The fraction of sp³-hybridized carbons (Fsp3) is 0.636. The normalized spacial score (nSPS) is 23.7. The first-order chi connectivity index (χ1) is 20.6. The van der Waals surface area contributed by atoms with Gasteiger partial charge < -0.3 is 43.4 Å². The van der Waals surface area contributed by atoms with Crippen LogP contribution in [0.25, 0.3) is 0 Å². The van der Waals surface area contributed by atoms with E-state index in [-0.39, 0.29) is 23.7 Å². The molecule has 0 aliphatic carbocycles. The standard InChI is InChI=1S/C33H48N2O7/c1-36-16-4-14-35-15-20-41-29-10-5-25(21-28(29)35)24-42-31-23-34-22-30(32(31)26-6-8-27(37-2)9-7-26)40-19-13-33(38-3)11-17-39-18-12-33/h5-10,21,30-32,34H,4,11-20,22-24H2,1-3H3/t30-,31+,32?/m1/s1. The summed E-state index contributed by atoms with van der Waals surface area (Å²) in [4.78, 5) is 2.39. The molecule has 0 saturated carbocycles. The summed E-state index contributed by atoms with van der Waals surface area (Å²) in [5, 5.41) is 3.58. The molecule has 9 heteroatoms. The summed E-state index contributed by atoms with van der Waals surface area (Å²) in [7, 11) is 5.25. The van der Waals surface area contributed by atoms with Crippen molar-refractivity contribution in [2.24, 2.45) is 0 Å². The van der Waals surface area contributed by atoms with Gasteiger partial charge in [-0.15, -0.1) is 0 Å². The lowest BCUT2D eigenvalue weighted by Crippen LogP contribution is -2.51. The number of fused-ring (bicyclic) bond motifs is 1. The number of rotatable bonds is 14. The van der Waals surface area contributed by atoms with Gasteiger partial charge in [0.05, 0.1) is 43.8 Å². The molecule has 232 valence electrons. The number of anilines is 1. The molecule has 3 aliphatic rings. The molecule has 2 saturated heterocycles. The van der Waals surface area contributed by atoms with Gasteiger partial charge in [-0.05, 0) is 61.1 Å². The van der Waals surface area contributed by atoms with Crippen LogP contribution in [-0.4, -0.2) is 98.4 Å². The first-order valence-corrected chi connectivity index (χ1v) is 15.3. The fourth-order valence-corrected chi connectivity index (χ4v) is 6.38. The smallest absolute Gasteiger partial charge is 0.142 e. The van der Waals surface area contributed by atoms with Crippen molar-refractivity contribution in [2.75, 3.05) is 85.4 Å². The van der Waals surface area contributed by atoms with Crippen LogP contribution in [0.1, 0.15) is 42.7 Å². The number of ether oxygens (including phenoxy) is 7. The highest BCUT2D eigenvalue weighted by molar-refractivity contribution is 5.61. The molecule has 1 unspecified atom stereocenters. The van der Waals surface area contributed by atoms with Gasteiger partial charge in [-0.2, -0.15) is 0 Å². The Kier molecular flexibility index (Phi) is 11.4. The van der Waals surface area contributed by atoms with Crippen molar-refractivity contribution < 1.29 is 33.2 Å². The van der Waals surface area contributed by atoms with E-state index in [2.05, 4.69) is 40.5 Å². The summed E-state index contributed by atoms with van der Waals surface area (Å²) in [6.07, 6.45) is 3.55. The number of hydrogen-bond acceptors (Lipinski definition) is 9. The highest BCUT2D eigenvalue weighted by atomic mass is 16.5. The van der Waals surface area contributed by atoms with E-state index in [1.165, 1.54) is 5.56 Å². The van der Waals surface area contributed by atoms with Gasteiger partial charge in [0, 0.05) is 66.2 Å². The molecule has 2 fully saturated rings. The number of nitrogens with zero attached hydrogens (tertiary/aromatic N) is 1. The SMILES string of the molecule is COCCCN1CCOc2ccc(CO[C@H]3CNC[C@@H](OCCC4(OC)CCOCC4)C3c3ccc(OC)cc3)cc21. The molecule has 0 radical (unpaired) electrons. The molecule has 3 aliphatic heterocycles. The van der Waals surface area contributed by atoms with E-state index >= 15 is 0 Å². The minimum atomic E-state index is -0.167. The number of piperidine rings is 1. The molecular weight excluding hydrogens is 536 g/mol. The predicted molar refractivity (Wildman–Crippen MR) is 162 cm³/mol. The third-order valence-electron chi connectivity index (χ3n) is 8.94. The molecule has 3 atom stereocenters. The van der Waals surface area contributed by atoms with E-state index in [1.807, 2.05) is 19.2 Å². The number of hydrogen-bond donors (Lipinski definition) is 1. The van der Waals surface area contributed by atoms with Crippen LogP contribution in [0.15, 0.2) is 42.5 Å². The second kappa shape index (κ2) is 15.4. The minimum absolute atomic E-state index is 0.0286. The van der Waals surface area contributed by atoms with Crippen molar-refractivity contribution in [3.8, 4) is 11.5 Å². The van der Waals surface area contributed by atoms with Crippen LogP contribution < -0.4 is 19.7 Å². The topological polar surface area (TPSA) is 79.9 Å². The predicted octanol–water partition coefficient (Wildman–Crippen LogP) is 4.17. The Morgan fingerprint density at radius 2 is 1.71 bits per heavy atom. The third-order valence-corrected chi connectivity index (χ3v) is 8.94. The second-order valence-electron chi connectivity index (χ2n) is 11.4. The summed E-state index contributed by atoms with van der Waals surface area (Å²) >= 11 is 0. The van der Waals surface area contributed by atoms with Crippen molar-refractivity contribution >= 4 is 5.69 Å². The molecule has 42 heavy (non-hydrogen) atoms. The van der Waals surface area contributed by atoms with Crippen LogP contribution in [0.3, 0.4) is 0 Å². The van der Waals surface area contributed by atoms with Crippen LogP contribution in [0.4, 0.5) is 5.69 Å². The van der Waals surface area contributed by atoms with Gasteiger partial charge in [0.25, 0.3) is 0 Å². The lowest BCUT2D eigenvalue weighted by atomic mass is 9.85. The summed E-state index contributed by atoms with van der Waals surface area (Å²) in [6.45, 7) is 7.42. The Bertz CT molecular complexity index is 1090. The lowest BCUT2D eigenvalue weighted by molar-refractivity contribution is -0.116. The molecule has 0 bridgehead atoms. The highest BCUT2D eigenvalue weighted by Gasteiger charge is 2.38. The molecular formula is C33H48N2O7. The van der Waals surface area contributed by atoms with Crippen molar-refractivity contribution in [3.05, 3.63) is 53.6 Å². The molecule has 1 N–H and O–H groups in total. The van der Waals surface area contributed by atoms with Crippen LogP contribution in [0.5, 0.6) is 11.5 Å².